The zero-order valence-corrected chi connectivity index (χ0v) is 19.0. The van der Waals surface area contributed by atoms with Gasteiger partial charge in [0, 0.05) is 35.4 Å². The number of β-amino-alcohol motifs (C(OH)–C–C–N with tert-alkyl or cyclic N) is 1. The van der Waals surface area contributed by atoms with Crippen LogP contribution in [0.15, 0.2) is 23.3 Å². The Morgan fingerprint density at radius 3 is 2.53 bits per heavy atom. The van der Waals surface area contributed by atoms with Crippen molar-refractivity contribution in [2.75, 3.05) is 13.1 Å². The van der Waals surface area contributed by atoms with E-state index in [0.717, 1.165) is 25.7 Å². The number of carbonyl (C=O) groups is 2. The SMILES string of the molecule is CC(C)(CC(=O)N1CC[C@](O)(C2C=CC(Cl)=CC2)[C@@](C)(O)C1)NC(=O)C1CCCC1. The third-order valence-electron chi connectivity index (χ3n) is 7.00. The van der Waals surface area contributed by atoms with Crippen molar-refractivity contribution in [2.24, 2.45) is 11.8 Å². The van der Waals surface area contributed by atoms with Crippen LogP contribution < -0.4 is 5.32 Å². The van der Waals surface area contributed by atoms with Gasteiger partial charge in [-0.05, 0) is 52.5 Å². The van der Waals surface area contributed by atoms with E-state index in [1.165, 1.54) is 0 Å². The highest BCUT2D eigenvalue weighted by Crippen LogP contribution is 2.42. The second-order valence-electron chi connectivity index (χ2n) is 10.1. The molecule has 2 fully saturated rings. The number of nitrogens with zero attached hydrogens (tertiary/aromatic N) is 1. The van der Waals surface area contributed by atoms with E-state index in [9.17, 15) is 19.8 Å². The monoisotopic (exact) mass is 438 g/mol. The van der Waals surface area contributed by atoms with Crippen LogP contribution in [0.25, 0.3) is 0 Å². The number of hydrogen-bond acceptors (Lipinski definition) is 4. The van der Waals surface area contributed by atoms with E-state index in [2.05, 4.69) is 5.32 Å². The molecule has 1 heterocycles. The maximum atomic E-state index is 13.0. The number of allylic oxidation sites excluding steroid dienone is 3. The van der Waals surface area contributed by atoms with Gasteiger partial charge in [-0.2, -0.15) is 0 Å². The van der Waals surface area contributed by atoms with Crippen LogP contribution in [0.2, 0.25) is 0 Å². The molecule has 0 aromatic rings. The molecule has 0 aromatic heterocycles. The van der Waals surface area contributed by atoms with E-state index in [1.807, 2.05) is 26.0 Å². The largest absolute Gasteiger partial charge is 0.386 e. The van der Waals surface area contributed by atoms with Gasteiger partial charge >= 0.3 is 0 Å². The first-order chi connectivity index (χ1) is 13.9. The standard InChI is InChI=1S/C23H35ClN2O4/c1-21(2,25-20(28)16-6-4-5-7-16)14-19(27)26-13-12-23(30,22(3,29)15-26)17-8-10-18(24)11-9-17/h8,10-11,16-17,29-30H,4-7,9,12-15H2,1-3H3,(H,25,28)/t17?,22-,23-/m0/s1. The minimum absolute atomic E-state index is 0.0288. The van der Waals surface area contributed by atoms with Crippen LogP contribution in [0.5, 0.6) is 0 Å². The maximum absolute atomic E-state index is 13.0. The van der Waals surface area contributed by atoms with Crippen molar-refractivity contribution in [3.63, 3.8) is 0 Å². The van der Waals surface area contributed by atoms with Gasteiger partial charge in [0.1, 0.15) is 11.2 Å². The summed E-state index contributed by atoms with van der Waals surface area (Å²) in [5, 5.41) is 26.1. The lowest BCUT2D eigenvalue weighted by Gasteiger charge is -2.52. The van der Waals surface area contributed by atoms with E-state index in [-0.39, 0.29) is 43.0 Å². The van der Waals surface area contributed by atoms with E-state index < -0.39 is 16.7 Å². The van der Waals surface area contributed by atoms with Crippen molar-refractivity contribution in [2.45, 2.75) is 82.5 Å². The van der Waals surface area contributed by atoms with Gasteiger partial charge in [-0.15, -0.1) is 0 Å². The molecule has 0 spiro atoms. The van der Waals surface area contributed by atoms with Crippen molar-refractivity contribution >= 4 is 23.4 Å². The zero-order valence-electron chi connectivity index (χ0n) is 18.3. The molecule has 1 saturated heterocycles. The molecule has 3 N–H and O–H groups in total. The summed E-state index contributed by atoms with van der Waals surface area (Å²) in [7, 11) is 0. The number of piperidine rings is 1. The number of carbonyl (C=O) groups excluding carboxylic acids is 2. The third-order valence-corrected chi connectivity index (χ3v) is 7.28. The Kier molecular flexibility index (Phi) is 6.71. The smallest absolute Gasteiger partial charge is 0.225 e. The Morgan fingerprint density at radius 1 is 1.30 bits per heavy atom. The van der Waals surface area contributed by atoms with Crippen LogP contribution in [-0.4, -0.2) is 56.8 Å². The molecule has 0 radical (unpaired) electrons. The summed E-state index contributed by atoms with van der Waals surface area (Å²) < 4.78 is 0. The molecule has 0 bridgehead atoms. The molecule has 3 aliphatic rings. The van der Waals surface area contributed by atoms with Gasteiger partial charge in [0.05, 0.1) is 6.54 Å². The molecule has 1 aliphatic heterocycles. The number of likely N-dealkylation sites (tertiary alicyclic amines) is 1. The van der Waals surface area contributed by atoms with Crippen LogP contribution in [0.3, 0.4) is 0 Å². The predicted octanol–water partition coefficient (Wildman–Crippen LogP) is 2.87. The van der Waals surface area contributed by atoms with Crippen LogP contribution in [-0.2, 0) is 9.59 Å². The van der Waals surface area contributed by atoms with Crippen LogP contribution >= 0.6 is 11.6 Å². The van der Waals surface area contributed by atoms with Crippen LogP contribution in [0.1, 0.15) is 65.7 Å². The summed E-state index contributed by atoms with van der Waals surface area (Å²) in [4.78, 5) is 27.1. The molecule has 7 heteroatoms. The molecular weight excluding hydrogens is 404 g/mol. The van der Waals surface area contributed by atoms with Gasteiger partial charge < -0.3 is 20.4 Å². The predicted molar refractivity (Wildman–Crippen MR) is 117 cm³/mol. The second kappa shape index (κ2) is 8.64. The molecule has 2 amide bonds. The third kappa shape index (κ3) is 4.92. The normalized spacial score (nSPS) is 32.8. The summed E-state index contributed by atoms with van der Waals surface area (Å²) in [5.74, 6) is -0.303. The average Bonchev–Trinajstić information content (AvgIpc) is 3.18. The fraction of sp³-hybridized carbons (Fsp3) is 0.739. The van der Waals surface area contributed by atoms with Crippen molar-refractivity contribution in [3.8, 4) is 0 Å². The Morgan fingerprint density at radius 2 is 1.97 bits per heavy atom. The summed E-state index contributed by atoms with van der Waals surface area (Å²) in [6.45, 7) is 5.72. The lowest BCUT2D eigenvalue weighted by molar-refractivity contribution is -0.201. The van der Waals surface area contributed by atoms with Gasteiger partial charge in [0.15, 0.2) is 0 Å². The number of nitrogens with one attached hydrogen (secondary N) is 1. The quantitative estimate of drug-likeness (QED) is 0.615. The summed E-state index contributed by atoms with van der Waals surface area (Å²) in [5.41, 5.74) is -3.45. The summed E-state index contributed by atoms with van der Waals surface area (Å²) >= 11 is 5.99. The molecule has 3 rings (SSSR count). The van der Waals surface area contributed by atoms with Gasteiger partial charge in [-0.1, -0.05) is 36.6 Å². The molecule has 6 nitrogen and oxygen atoms in total. The first kappa shape index (κ1) is 23.3. The minimum Gasteiger partial charge on any atom is -0.386 e. The van der Waals surface area contributed by atoms with E-state index in [1.54, 1.807) is 17.9 Å². The first-order valence-electron chi connectivity index (χ1n) is 11.0. The van der Waals surface area contributed by atoms with E-state index >= 15 is 0 Å². The van der Waals surface area contributed by atoms with Gasteiger partial charge in [-0.25, -0.2) is 0 Å². The van der Waals surface area contributed by atoms with Gasteiger partial charge in [0.2, 0.25) is 11.8 Å². The number of rotatable bonds is 5. The number of halogens is 1. The lowest BCUT2D eigenvalue weighted by atomic mass is 9.68. The molecule has 1 saturated carbocycles. The van der Waals surface area contributed by atoms with Crippen LogP contribution in [0, 0.1) is 11.8 Å². The highest BCUT2D eigenvalue weighted by Gasteiger charge is 2.54. The topological polar surface area (TPSA) is 89.9 Å². The molecule has 0 aromatic carbocycles. The van der Waals surface area contributed by atoms with E-state index in [0.29, 0.717) is 18.0 Å². The molecule has 168 valence electrons. The van der Waals surface area contributed by atoms with Crippen molar-refractivity contribution in [3.05, 3.63) is 23.3 Å². The second-order valence-corrected chi connectivity index (χ2v) is 10.5. The Hall–Kier alpha value is -1.37. The molecule has 2 aliphatic carbocycles. The Bertz CT molecular complexity index is 739. The molecule has 3 atom stereocenters. The maximum Gasteiger partial charge on any atom is 0.225 e. The molecule has 30 heavy (non-hydrogen) atoms. The fourth-order valence-corrected chi connectivity index (χ4v) is 5.23. The number of aliphatic hydroxyl groups is 2. The Labute approximate surface area is 184 Å². The van der Waals surface area contributed by atoms with E-state index in [4.69, 9.17) is 11.6 Å². The highest BCUT2D eigenvalue weighted by atomic mass is 35.5. The molecule has 1 unspecified atom stereocenters. The first-order valence-corrected chi connectivity index (χ1v) is 11.4. The summed E-state index contributed by atoms with van der Waals surface area (Å²) in [6.07, 6.45) is 10.4. The molecular formula is C23H35ClN2O4. The zero-order chi connectivity index (χ0) is 22.2. The van der Waals surface area contributed by atoms with Crippen molar-refractivity contribution < 1.29 is 19.8 Å². The lowest BCUT2D eigenvalue weighted by Crippen LogP contribution is -2.67. The minimum atomic E-state index is -1.45. The van der Waals surface area contributed by atoms with Crippen molar-refractivity contribution in [1.82, 2.24) is 10.2 Å². The summed E-state index contributed by atoms with van der Waals surface area (Å²) in [6, 6.07) is 0. The van der Waals surface area contributed by atoms with Crippen molar-refractivity contribution in [1.29, 1.82) is 0 Å². The number of amides is 2. The average molecular weight is 439 g/mol. The fourth-order valence-electron chi connectivity index (χ4n) is 5.07. The highest BCUT2D eigenvalue weighted by molar-refractivity contribution is 6.31. The number of hydrogen-bond donors (Lipinski definition) is 3. The van der Waals surface area contributed by atoms with Gasteiger partial charge in [-0.3, -0.25) is 9.59 Å². The van der Waals surface area contributed by atoms with Gasteiger partial charge in [0.25, 0.3) is 0 Å². The van der Waals surface area contributed by atoms with Crippen LogP contribution in [0.4, 0.5) is 0 Å². The Balaban J connectivity index is 1.60.